The van der Waals surface area contributed by atoms with Crippen molar-refractivity contribution in [1.29, 1.82) is 0 Å². The molecule has 1 aromatic carbocycles. The molecule has 2 atom stereocenters. The van der Waals surface area contributed by atoms with Crippen LogP contribution in [0.5, 0.6) is 5.75 Å². The number of aromatic nitrogens is 1. The van der Waals surface area contributed by atoms with Gasteiger partial charge in [-0.05, 0) is 43.5 Å². The van der Waals surface area contributed by atoms with E-state index in [1.54, 1.807) is 13.3 Å². The number of aryl methyl sites for hydroxylation is 1. The van der Waals surface area contributed by atoms with Gasteiger partial charge in [0.1, 0.15) is 11.6 Å². The van der Waals surface area contributed by atoms with Gasteiger partial charge in [0.05, 0.1) is 19.1 Å². The Morgan fingerprint density at radius 1 is 1.31 bits per heavy atom. The van der Waals surface area contributed by atoms with E-state index in [-0.39, 0.29) is 23.8 Å². The lowest BCUT2D eigenvalue weighted by Gasteiger charge is -2.41. The minimum absolute atomic E-state index is 0.0899. The second-order valence-corrected chi connectivity index (χ2v) is 7.48. The lowest BCUT2D eigenvalue weighted by molar-refractivity contribution is -0.142. The van der Waals surface area contributed by atoms with E-state index < -0.39 is 0 Å². The molecular formula is C23H29N3O3. The summed E-state index contributed by atoms with van der Waals surface area (Å²) in [6.45, 7) is 4.69. The number of amides is 2. The second-order valence-electron chi connectivity index (χ2n) is 7.48. The fourth-order valence-corrected chi connectivity index (χ4v) is 3.94. The number of hydrogen-bond acceptors (Lipinski definition) is 4. The molecule has 0 radical (unpaired) electrons. The van der Waals surface area contributed by atoms with Crippen LogP contribution in [0, 0.1) is 12.8 Å². The zero-order valence-electron chi connectivity index (χ0n) is 17.4. The first-order valence-corrected chi connectivity index (χ1v) is 10.2. The van der Waals surface area contributed by atoms with Crippen molar-refractivity contribution in [2.24, 2.45) is 5.92 Å². The number of ether oxygens (including phenoxy) is 1. The number of rotatable bonds is 7. The third-order valence-electron chi connectivity index (χ3n) is 5.42. The molecule has 0 aliphatic carbocycles. The van der Waals surface area contributed by atoms with Crippen LogP contribution in [0.1, 0.15) is 49.8 Å². The summed E-state index contributed by atoms with van der Waals surface area (Å²) in [5.74, 6) is 0.828. The van der Waals surface area contributed by atoms with Gasteiger partial charge in [0.2, 0.25) is 11.8 Å². The Hall–Kier alpha value is -2.89. The Morgan fingerprint density at radius 3 is 2.83 bits per heavy atom. The zero-order chi connectivity index (χ0) is 20.8. The molecule has 0 spiro atoms. The first-order chi connectivity index (χ1) is 14.0. The van der Waals surface area contributed by atoms with Crippen molar-refractivity contribution in [3.63, 3.8) is 0 Å². The predicted octanol–water partition coefficient (Wildman–Crippen LogP) is 4.12. The topological polar surface area (TPSA) is 71.5 Å². The highest BCUT2D eigenvalue weighted by Gasteiger charge is 2.41. The minimum Gasteiger partial charge on any atom is -0.496 e. The molecule has 2 amide bonds. The van der Waals surface area contributed by atoms with Crippen LogP contribution in [-0.4, -0.2) is 35.4 Å². The van der Waals surface area contributed by atoms with Crippen LogP contribution in [0.4, 0.5) is 5.82 Å². The lowest BCUT2D eigenvalue weighted by Crippen LogP contribution is -2.47. The molecule has 1 aliphatic heterocycles. The number of para-hydroxylation sites is 1. The Bertz CT molecular complexity index is 868. The van der Waals surface area contributed by atoms with E-state index in [4.69, 9.17) is 4.74 Å². The van der Waals surface area contributed by atoms with E-state index in [1.165, 1.54) is 0 Å². The van der Waals surface area contributed by atoms with Gasteiger partial charge in [0, 0.05) is 24.7 Å². The van der Waals surface area contributed by atoms with Crippen molar-refractivity contribution in [3.8, 4) is 5.75 Å². The molecule has 1 aliphatic rings. The van der Waals surface area contributed by atoms with Crippen LogP contribution in [0.25, 0.3) is 0 Å². The second kappa shape index (κ2) is 9.54. The predicted molar refractivity (Wildman–Crippen MR) is 113 cm³/mol. The number of nitrogens with zero attached hydrogens (tertiary/aromatic N) is 2. The summed E-state index contributed by atoms with van der Waals surface area (Å²) in [7, 11) is 1.62. The number of methoxy groups -OCH3 is 1. The van der Waals surface area contributed by atoms with Crippen molar-refractivity contribution in [3.05, 3.63) is 53.7 Å². The average molecular weight is 396 g/mol. The van der Waals surface area contributed by atoms with E-state index in [0.29, 0.717) is 31.0 Å². The molecular weight excluding hydrogens is 366 g/mol. The van der Waals surface area contributed by atoms with E-state index >= 15 is 0 Å². The van der Waals surface area contributed by atoms with E-state index in [9.17, 15) is 9.59 Å². The van der Waals surface area contributed by atoms with Crippen LogP contribution in [-0.2, 0) is 9.59 Å². The molecule has 3 rings (SSSR count). The molecule has 0 bridgehead atoms. The number of piperidine rings is 1. The number of unbranched alkanes of at least 4 members (excludes halogenated alkanes) is 1. The first kappa shape index (κ1) is 20.8. The Morgan fingerprint density at radius 2 is 2.10 bits per heavy atom. The largest absolute Gasteiger partial charge is 0.496 e. The SMILES string of the molecule is CCCCN1C(=O)CCC(C(=O)Nc2cc(C)ccn2)C1c1ccccc1OC. The number of nitrogens with one attached hydrogen (secondary N) is 1. The number of anilines is 1. The molecule has 6 nitrogen and oxygen atoms in total. The molecule has 1 fully saturated rings. The van der Waals surface area contributed by atoms with E-state index in [2.05, 4.69) is 17.2 Å². The van der Waals surface area contributed by atoms with Crippen LogP contribution >= 0.6 is 0 Å². The molecule has 2 heterocycles. The molecule has 1 aromatic heterocycles. The van der Waals surface area contributed by atoms with E-state index in [1.807, 2.05) is 48.2 Å². The molecule has 0 saturated carbocycles. The number of likely N-dealkylation sites (tertiary alicyclic amines) is 1. The van der Waals surface area contributed by atoms with Crippen LogP contribution in [0.2, 0.25) is 0 Å². The summed E-state index contributed by atoms with van der Waals surface area (Å²) in [5, 5.41) is 2.95. The van der Waals surface area contributed by atoms with Crippen LogP contribution < -0.4 is 10.1 Å². The van der Waals surface area contributed by atoms with Gasteiger partial charge in [0.25, 0.3) is 0 Å². The number of hydrogen-bond donors (Lipinski definition) is 1. The normalized spacial score (nSPS) is 19.1. The van der Waals surface area contributed by atoms with Gasteiger partial charge < -0.3 is 15.0 Å². The quantitative estimate of drug-likeness (QED) is 0.766. The number of carbonyl (C=O) groups excluding carboxylic acids is 2. The monoisotopic (exact) mass is 395 g/mol. The van der Waals surface area contributed by atoms with Gasteiger partial charge in [-0.3, -0.25) is 9.59 Å². The van der Waals surface area contributed by atoms with Gasteiger partial charge in [-0.15, -0.1) is 0 Å². The number of carbonyl (C=O) groups is 2. The highest BCUT2D eigenvalue weighted by Crippen LogP contribution is 2.41. The molecule has 29 heavy (non-hydrogen) atoms. The zero-order valence-corrected chi connectivity index (χ0v) is 17.4. The van der Waals surface area contributed by atoms with Crippen molar-refractivity contribution in [2.75, 3.05) is 19.0 Å². The maximum atomic E-state index is 13.3. The standard InChI is InChI=1S/C23H29N3O3/c1-4-5-14-26-21(27)11-10-18(22(26)17-8-6-7-9-19(17)29-3)23(28)25-20-15-16(2)12-13-24-20/h6-9,12-13,15,18,22H,4-5,10-11,14H2,1-3H3,(H,24,25,28). The highest BCUT2D eigenvalue weighted by molar-refractivity contribution is 5.94. The van der Waals surface area contributed by atoms with Gasteiger partial charge in [-0.2, -0.15) is 0 Å². The summed E-state index contributed by atoms with van der Waals surface area (Å²) < 4.78 is 5.57. The summed E-state index contributed by atoms with van der Waals surface area (Å²) in [4.78, 5) is 32.2. The van der Waals surface area contributed by atoms with Gasteiger partial charge in [-0.25, -0.2) is 4.98 Å². The smallest absolute Gasteiger partial charge is 0.231 e. The molecule has 2 aromatic rings. The van der Waals surface area contributed by atoms with Crippen molar-refractivity contribution < 1.29 is 14.3 Å². The summed E-state index contributed by atoms with van der Waals surface area (Å²) >= 11 is 0. The third kappa shape index (κ3) is 4.75. The summed E-state index contributed by atoms with van der Waals surface area (Å²) in [6, 6.07) is 11.0. The summed E-state index contributed by atoms with van der Waals surface area (Å²) in [5.41, 5.74) is 1.90. The third-order valence-corrected chi connectivity index (χ3v) is 5.42. The Kier molecular flexibility index (Phi) is 6.86. The number of pyridine rings is 1. The maximum absolute atomic E-state index is 13.3. The Labute approximate surface area is 172 Å². The molecule has 2 unspecified atom stereocenters. The number of benzene rings is 1. The Balaban J connectivity index is 1.96. The molecule has 154 valence electrons. The van der Waals surface area contributed by atoms with E-state index in [0.717, 1.165) is 24.0 Å². The van der Waals surface area contributed by atoms with Crippen LogP contribution in [0.3, 0.4) is 0 Å². The van der Waals surface area contributed by atoms with Gasteiger partial charge in [0.15, 0.2) is 0 Å². The maximum Gasteiger partial charge on any atom is 0.231 e. The highest BCUT2D eigenvalue weighted by atomic mass is 16.5. The van der Waals surface area contributed by atoms with Gasteiger partial charge in [-0.1, -0.05) is 31.5 Å². The average Bonchev–Trinajstić information content (AvgIpc) is 2.72. The fourth-order valence-electron chi connectivity index (χ4n) is 3.94. The summed E-state index contributed by atoms with van der Waals surface area (Å²) in [6.07, 6.45) is 4.43. The molecule has 1 saturated heterocycles. The lowest BCUT2D eigenvalue weighted by atomic mass is 9.83. The van der Waals surface area contributed by atoms with Gasteiger partial charge >= 0.3 is 0 Å². The molecule has 6 heteroatoms. The van der Waals surface area contributed by atoms with Crippen molar-refractivity contribution >= 4 is 17.6 Å². The van der Waals surface area contributed by atoms with Crippen molar-refractivity contribution in [2.45, 2.75) is 45.6 Å². The molecule has 1 N–H and O–H groups in total. The first-order valence-electron chi connectivity index (χ1n) is 10.2. The fraction of sp³-hybridized carbons (Fsp3) is 0.435. The van der Waals surface area contributed by atoms with Crippen LogP contribution in [0.15, 0.2) is 42.6 Å². The van der Waals surface area contributed by atoms with Crippen molar-refractivity contribution in [1.82, 2.24) is 9.88 Å². The minimum atomic E-state index is -0.372.